The lowest BCUT2D eigenvalue weighted by Crippen LogP contribution is -1.91. The molecule has 0 atom stereocenters. The van der Waals surface area contributed by atoms with Crippen molar-refractivity contribution in [3.05, 3.63) is 22.8 Å². The van der Waals surface area contributed by atoms with Crippen LogP contribution in [-0.2, 0) is 0 Å². The lowest BCUT2D eigenvalue weighted by molar-refractivity contribution is 0.887. The molecule has 0 bridgehead atoms. The second kappa shape index (κ2) is 2.38. The molecule has 0 spiro atoms. The summed E-state index contributed by atoms with van der Waals surface area (Å²) in [5.41, 5.74) is 4.55. The quantitative estimate of drug-likeness (QED) is 0.464. The lowest BCUT2D eigenvalue weighted by Gasteiger charge is -2.11. The maximum atomic E-state index is 2.29. The molecule has 0 aromatic heterocycles. The van der Waals surface area contributed by atoms with E-state index in [0.717, 1.165) is 0 Å². The molecular formula is C9H16. The molecule has 1 aliphatic rings. The second-order valence-corrected chi connectivity index (χ2v) is 2.95. The molecule has 0 aromatic carbocycles. The largest absolute Gasteiger partial charge is 0.0727 e. The number of hydrogen-bond donors (Lipinski definition) is 0. The highest BCUT2D eigenvalue weighted by molar-refractivity contribution is 5.29. The first kappa shape index (κ1) is 6.60. The minimum absolute atomic E-state index is 0. The predicted octanol–water partition coefficient (Wildman–Crippen LogP) is 3.31. The van der Waals surface area contributed by atoms with Crippen LogP contribution in [0.5, 0.6) is 0 Å². The van der Waals surface area contributed by atoms with Crippen LogP contribution in [0.15, 0.2) is 22.8 Å². The zero-order valence-electron chi connectivity index (χ0n) is 6.49. The van der Waals surface area contributed by atoms with Crippen LogP contribution in [0.2, 0.25) is 0 Å². The summed E-state index contributed by atoms with van der Waals surface area (Å²) in [7, 11) is 0. The fourth-order valence-electron chi connectivity index (χ4n) is 1.15. The smallest absolute Gasteiger partial charge is 0 e. The van der Waals surface area contributed by atoms with E-state index < -0.39 is 0 Å². The Bertz CT molecular complexity index is 175. The van der Waals surface area contributed by atoms with Crippen LogP contribution >= 0.6 is 0 Å². The molecule has 0 nitrogen and oxygen atoms in total. The minimum Gasteiger partial charge on any atom is -0.0727 e. The normalized spacial score (nSPS) is 20.1. The maximum absolute atomic E-state index is 2.29. The lowest BCUT2D eigenvalue weighted by atomic mass is 9.95. The van der Waals surface area contributed by atoms with E-state index in [4.69, 9.17) is 0 Å². The highest BCUT2D eigenvalue weighted by Gasteiger charge is 2.01. The molecule has 0 radical (unpaired) electrons. The highest BCUT2D eigenvalue weighted by Crippen LogP contribution is 2.22. The van der Waals surface area contributed by atoms with Gasteiger partial charge in [-0.15, -0.1) is 0 Å². The van der Waals surface area contributed by atoms with Gasteiger partial charge in [-0.25, -0.2) is 0 Å². The summed E-state index contributed by atoms with van der Waals surface area (Å²) < 4.78 is 0. The van der Waals surface area contributed by atoms with Crippen molar-refractivity contribution in [1.82, 2.24) is 0 Å². The van der Waals surface area contributed by atoms with Gasteiger partial charge in [-0.2, -0.15) is 0 Å². The van der Waals surface area contributed by atoms with Crippen LogP contribution in [0.3, 0.4) is 0 Å². The molecule has 0 saturated carbocycles. The zero-order valence-corrected chi connectivity index (χ0v) is 6.49. The Balaban J connectivity index is 0.000000810. The monoisotopic (exact) mass is 124 g/mol. The fraction of sp³-hybridized carbons (Fsp3) is 0.556. The van der Waals surface area contributed by atoms with Gasteiger partial charge in [-0.05, 0) is 33.6 Å². The van der Waals surface area contributed by atoms with Gasteiger partial charge < -0.3 is 0 Å². The summed E-state index contributed by atoms with van der Waals surface area (Å²) in [6.45, 7) is 6.62. The van der Waals surface area contributed by atoms with Gasteiger partial charge in [-0.1, -0.05) is 22.8 Å². The van der Waals surface area contributed by atoms with Gasteiger partial charge in [0, 0.05) is 1.43 Å². The van der Waals surface area contributed by atoms with Gasteiger partial charge in [0.15, 0.2) is 0 Å². The summed E-state index contributed by atoms with van der Waals surface area (Å²) in [6, 6.07) is 0. The summed E-state index contributed by atoms with van der Waals surface area (Å²) in [5.74, 6) is 0. The minimum atomic E-state index is 0. The summed E-state index contributed by atoms with van der Waals surface area (Å²) in [6.07, 6.45) is 4.83. The number of allylic oxidation sites excluding steroid dienone is 4. The first-order valence-electron chi connectivity index (χ1n) is 3.53. The van der Waals surface area contributed by atoms with Crippen molar-refractivity contribution in [2.24, 2.45) is 0 Å². The molecule has 0 aromatic rings. The van der Waals surface area contributed by atoms with E-state index in [9.17, 15) is 0 Å². The third-order valence-corrected chi connectivity index (χ3v) is 2.03. The van der Waals surface area contributed by atoms with E-state index >= 15 is 0 Å². The van der Waals surface area contributed by atoms with Gasteiger partial charge in [0.05, 0.1) is 0 Å². The molecule has 0 aliphatic heterocycles. The fourth-order valence-corrected chi connectivity index (χ4v) is 1.15. The third-order valence-electron chi connectivity index (χ3n) is 2.03. The van der Waals surface area contributed by atoms with Crippen molar-refractivity contribution in [2.45, 2.75) is 33.6 Å². The molecule has 1 aliphatic carbocycles. The van der Waals surface area contributed by atoms with Crippen LogP contribution in [0.25, 0.3) is 0 Å². The SMILES string of the molecule is CC1=CC(C)=C(C)CC1.[HH]. The van der Waals surface area contributed by atoms with Crippen LogP contribution < -0.4 is 0 Å². The van der Waals surface area contributed by atoms with Crippen molar-refractivity contribution in [3.63, 3.8) is 0 Å². The van der Waals surface area contributed by atoms with Gasteiger partial charge in [-0.3, -0.25) is 0 Å². The van der Waals surface area contributed by atoms with Crippen molar-refractivity contribution >= 4 is 0 Å². The Kier molecular flexibility index (Phi) is 1.75. The Hall–Kier alpha value is -0.520. The standard InChI is InChI=1S/C9H14.H2/c1-7-4-5-8(2)9(3)6-7;/h6H,4-5H2,1-3H3;1H. The highest BCUT2D eigenvalue weighted by atomic mass is 14.1. The molecule has 0 N–H and O–H groups in total. The molecule has 0 unspecified atom stereocenters. The van der Waals surface area contributed by atoms with Crippen LogP contribution in [0.4, 0.5) is 0 Å². The first-order valence-corrected chi connectivity index (χ1v) is 3.53. The molecule has 9 heavy (non-hydrogen) atoms. The van der Waals surface area contributed by atoms with E-state index in [0.29, 0.717) is 0 Å². The van der Waals surface area contributed by atoms with Gasteiger partial charge in [0.25, 0.3) is 0 Å². The maximum Gasteiger partial charge on any atom is 0 e. The van der Waals surface area contributed by atoms with Gasteiger partial charge >= 0.3 is 0 Å². The Morgan fingerprint density at radius 1 is 1.22 bits per heavy atom. The van der Waals surface area contributed by atoms with E-state index in [1.807, 2.05) is 0 Å². The number of rotatable bonds is 0. The van der Waals surface area contributed by atoms with E-state index in [-0.39, 0.29) is 1.43 Å². The summed E-state index contributed by atoms with van der Waals surface area (Å²) >= 11 is 0. The summed E-state index contributed by atoms with van der Waals surface area (Å²) in [4.78, 5) is 0. The predicted molar refractivity (Wildman–Crippen MR) is 43.5 cm³/mol. The molecule has 0 heterocycles. The van der Waals surface area contributed by atoms with Gasteiger partial charge in [0.2, 0.25) is 0 Å². The molecular weight excluding hydrogens is 108 g/mol. The van der Waals surface area contributed by atoms with Crippen LogP contribution in [0, 0.1) is 0 Å². The Labute approximate surface area is 58.8 Å². The van der Waals surface area contributed by atoms with Crippen LogP contribution in [-0.4, -0.2) is 0 Å². The number of hydrogen-bond acceptors (Lipinski definition) is 0. The van der Waals surface area contributed by atoms with Crippen molar-refractivity contribution in [1.29, 1.82) is 0 Å². The van der Waals surface area contributed by atoms with E-state index in [2.05, 4.69) is 26.8 Å². The van der Waals surface area contributed by atoms with Crippen molar-refractivity contribution in [2.75, 3.05) is 0 Å². The van der Waals surface area contributed by atoms with Gasteiger partial charge in [0.1, 0.15) is 0 Å². The van der Waals surface area contributed by atoms with Crippen molar-refractivity contribution in [3.8, 4) is 0 Å². The van der Waals surface area contributed by atoms with E-state index in [1.165, 1.54) is 24.0 Å². The average Bonchev–Trinajstić information content (AvgIpc) is 1.80. The second-order valence-electron chi connectivity index (χ2n) is 2.95. The topological polar surface area (TPSA) is 0 Å². The average molecular weight is 124 g/mol. The molecule has 52 valence electrons. The van der Waals surface area contributed by atoms with Crippen molar-refractivity contribution < 1.29 is 1.43 Å². The molecule has 0 saturated heterocycles. The molecule has 0 amide bonds. The molecule has 0 fully saturated rings. The van der Waals surface area contributed by atoms with E-state index in [1.54, 1.807) is 5.57 Å². The molecule has 1 rings (SSSR count). The molecule has 0 heteroatoms. The summed E-state index contributed by atoms with van der Waals surface area (Å²) in [5, 5.41) is 0. The Morgan fingerprint density at radius 3 is 2.33 bits per heavy atom. The zero-order chi connectivity index (χ0) is 6.85. The Morgan fingerprint density at radius 2 is 1.89 bits per heavy atom. The first-order chi connectivity index (χ1) is 4.20. The van der Waals surface area contributed by atoms with Crippen LogP contribution in [0.1, 0.15) is 35.0 Å². The third kappa shape index (κ3) is 1.44.